The zero-order chi connectivity index (χ0) is 21.9. The van der Waals surface area contributed by atoms with Gasteiger partial charge in [-0.1, -0.05) is 24.9 Å². The molecule has 0 atom stereocenters. The molecule has 3 rings (SSSR count). The predicted octanol–water partition coefficient (Wildman–Crippen LogP) is 4.99. The number of imide groups is 1. The topological polar surface area (TPSA) is 52.6 Å². The van der Waals surface area contributed by atoms with Crippen molar-refractivity contribution in [1.82, 2.24) is 10.2 Å². The molecule has 2 aliphatic heterocycles. The maximum atomic E-state index is 13.4. The number of nitrogens with zero attached hydrogens (tertiary/aromatic N) is 2. The van der Waals surface area contributed by atoms with Gasteiger partial charge in [-0.25, -0.2) is 0 Å². The third-order valence-corrected chi connectivity index (χ3v) is 6.18. The van der Waals surface area contributed by atoms with E-state index in [0.29, 0.717) is 30.5 Å². The molecule has 2 amide bonds. The van der Waals surface area contributed by atoms with Gasteiger partial charge in [0.1, 0.15) is 0 Å². The van der Waals surface area contributed by atoms with Crippen molar-refractivity contribution in [3.05, 3.63) is 33.2 Å². The maximum Gasteiger partial charge on any atom is 0.416 e. The van der Waals surface area contributed by atoms with Crippen molar-refractivity contribution in [1.29, 1.82) is 0 Å². The molecular weight excluding hydrogens is 439 g/mol. The fourth-order valence-electron chi connectivity index (χ4n) is 3.59. The second-order valence-corrected chi connectivity index (χ2v) is 8.70. The Morgan fingerprint density at radius 1 is 1.20 bits per heavy atom. The summed E-state index contributed by atoms with van der Waals surface area (Å²) in [6.45, 7) is 6.07. The lowest BCUT2D eigenvalue weighted by atomic mass is 10.1. The van der Waals surface area contributed by atoms with Gasteiger partial charge in [-0.05, 0) is 55.9 Å². The average Bonchev–Trinajstić information content (AvgIpc) is 2.85. The van der Waals surface area contributed by atoms with Gasteiger partial charge in [-0.2, -0.15) is 13.2 Å². The molecule has 1 N–H and O–H groups in total. The molecular formula is C20H23ClF3N3O2S. The van der Waals surface area contributed by atoms with Gasteiger partial charge in [0.25, 0.3) is 11.1 Å². The van der Waals surface area contributed by atoms with Crippen LogP contribution in [0.4, 0.5) is 23.7 Å². The van der Waals surface area contributed by atoms with Crippen molar-refractivity contribution in [2.45, 2.75) is 32.4 Å². The average molecular weight is 462 g/mol. The van der Waals surface area contributed by atoms with Crippen molar-refractivity contribution in [3.63, 3.8) is 0 Å². The normalized spacial score (nSPS) is 20.0. The van der Waals surface area contributed by atoms with E-state index in [1.165, 1.54) is 6.08 Å². The lowest BCUT2D eigenvalue weighted by Gasteiger charge is -2.27. The van der Waals surface area contributed by atoms with Gasteiger partial charge in [0.2, 0.25) is 0 Å². The minimum absolute atomic E-state index is 0.0200. The summed E-state index contributed by atoms with van der Waals surface area (Å²) in [4.78, 5) is 27.8. The summed E-state index contributed by atoms with van der Waals surface area (Å²) in [5, 5.41) is 1.55. The maximum absolute atomic E-state index is 13.4. The molecule has 0 saturated carbocycles. The lowest BCUT2D eigenvalue weighted by molar-refractivity contribution is -0.137. The number of benzene rings is 1. The number of anilines is 1. The van der Waals surface area contributed by atoms with Crippen molar-refractivity contribution >= 4 is 46.3 Å². The molecule has 0 aliphatic carbocycles. The summed E-state index contributed by atoms with van der Waals surface area (Å²) in [7, 11) is 0. The van der Waals surface area contributed by atoms with E-state index in [2.05, 4.69) is 17.1 Å². The second kappa shape index (κ2) is 9.62. The van der Waals surface area contributed by atoms with Gasteiger partial charge in [0.15, 0.2) is 0 Å². The Bertz CT molecular complexity index is 860. The van der Waals surface area contributed by atoms with E-state index in [9.17, 15) is 22.8 Å². The van der Waals surface area contributed by atoms with Gasteiger partial charge in [-0.3, -0.25) is 14.9 Å². The minimum Gasteiger partial charge on any atom is -0.369 e. The Kier molecular flexibility index (Phi) is 7.36. The van der Waals surface area contributed by atoms with Crippen LogP contribution in [0.5, 0.6) is 0 Å². The van der Waals surface area contributed by atoms with Crippen LogP contribution in [0.2, 0.25) is 5.02 Å². The van der Waals surface area contributed by atoms with Crippen molar-refractivity contribution in [3.8, 4) is 0 Å². The van der Waals surface area contributed by atoms with Crippen LogP contribution in [0.3, 0.4) is 0 Å². The standard InChI is InChI=1S/C20H23ClF3N3O2S/c1-2-3-5-26-6-4-7-27(9-8-26)17-13(11-16-18(28)25-19(29)30-16)10-14(12-15(17)21)20(22,23)24/h10-12H,2-9H2,1H3,(H,25,28,29)/b16-11-. The Labute approximate surface area is 182 Å². The third kappa shape index (κ3) is 5.50. The number of carbonyl (C=O) groups is 2. The largest absolute Gasteiger partial charge is 0.416 e. The van der Waals surface area contributed by atoms with E-state index < -0.39 is 22.9 Å². The molecule has 2 aliphatic rings. The molecule has 5 nitrogen and oxygen atoms in total. The van der Waals surface area contributed by atoms with Gasteiger partial charge < -0.3 is 9.80 Å². The highest BCUT2D eigenvalue weighted by atomic mass is 35.5. The fraction of sp³-hybridized carbons (Fsp3) is 0.500. The number of halogens is 4. The number of hydrogen-bond donors (Lipinski definition) is 1. The van der Waals surface area contributed by atoms with E-state index in [1.807, 2.05) is 4.90 Å². The number of hydrogen-bond acceptors (Lipinski definition) is 5. The molecule has 10 heteroatoms. The Hall–Kier alpha value is -1.71. The molecule has 2 saturated heterocycles. The summed E-state index contributed by atoms with van der Waals surface area (Å²) in [6.07, 6.45) is -0.210. The molecule has 30 heavy (non-hydrogen) atoms. The minimum atomic E-state index is -4.58. The van der Waals surface area contributed by atoms with E-state index in [-0.39, 0.29) is 15.5 Å². The van der Waals surface area contributed by atoms with Crippen LogP contribution in [-0.2, 0) is 11.0 Å². The Balaban J connectivity index is 1.98. The molecule has 164 valence electrons. The zero-order valence-electron chi connectivity index (χ0n) is 16.5. The monoisotopic (exact) mass is 461 g/mol. The van der Waals surface area contributed by atoms with Crippen molar-refractivity contribution in [2.75, 3.05) is 37.6 Å². The third-order valence-electron chi connectivity index (χ3n) is 5.08. The van der Waals surface area contributed by atoms with Crippen LogP contribution in [0, 0.1) is 0 Å². The zero-order valence-corrected chi connectivity index (χ0v) is 18.1. The molecule has 2 heterocycles. The Morgan fingerprint density at radius 3 is 2.60 bits per heavy atom. The smallest absolute Gasteiger partial charge is 0.369 e. The summed E-state index contributed by atoms with van der Waals surface area (Å²) < 4.78 is 40.1. The molecule has 2 fully saturated rings. The molecule has 1 aromatic carbocycles. The number of amides is 2. The first-order valence-electron chi connectivity index (χ1n) is 9.82. The van der Waals surface area contributed by atoms with Crippen LogP contribution in [-0.4, -0.2) is 48.8 Å². The molecule has 0 aromatic heterocycles. The number of thioether (sulfide) groups is 1. The summed E-state index contributed by atoms with van der Waals surface area (Å²) in [6, 6.07) is 1.91. The first-order chi connectivity index (χ1) is 14.2. The highest BCUT2D eigenvalue weighted by molar-refractivity contribution is 8.18. The quantitative estimate of drug-likeness (QED) is 0.626. The predicted molar refractivity (Wildman–Crippen MR) is 114 cm³/mol. The van der Waals surface area contributed by atoms with Crippen molar-refractivity contribution in [2.24, 2.45) is 0 Å². The number of alkyl halides is 3. The highest BCUT2D eigenvalue weighted by Crippen LogP contribution is 2.40. The first kappa shape index (κ1) is 23.0. The van der Waals surface area contributed by atoms with Crippen LogP contribution in [0.1, 0.15) is 37.3 Å². The van der Waals surface area contributed by atoms with Crippen LogP contribution in [0.25, 0.3) is 6.08 Å². The summed E-state index contributed by atoms with van der Waals surface area (Å²) >= 11 is 7.01. The van der Waals surface area contributed by atoms with E-state index in [4.69, 9.17) is 11.6 Å². The summed E-state index contributed by atoms with van der Waals surface area (Å²) in [5.74, 6) is -0.619. The SMILES string of the molecule is CCCCN1CCCN(c2c(Cl)cc(C(F)(F)F)cc2/C=C2\SC(=O)NC2=O)CC1. The van der Waals surface area contributed by atoms with Crippen LogP contribution < -0.4 is 10.2 Å². The number of rotatable bonds is 5. The Morgan fingerprint density at radius 2 is 1.97 bits per heavy atom. The van der Waals surface area contributed by atoms with Gasteiger partial charge in [0.05, 0.1) is 21.2 Å². The first-order valence-corrected chi connectivity index (χ1v) is 11.0. The molecule has 1 aromatic rings. The molecule has 0 bridgehead atoms. The second-order valence-electron chi connectivity index (χ2n) is 7.28. The lowest BCUT2D eigenvalue weighted by Crippen LogP contribution is -2.32. The molecule has 0 radical (unpaired) electrons. The van der Waals surface area contributed by atoms with Gasteiger partial charge in [-0.15, -0.1) is 0 Å². The van der Waals surface area contributed by atoms with Crippen molar-refractivity contribution < 1.29 is 22.8 Å². The number of carbonyl (C=O) groups excluding carboxylic acids is 2. The van der Waals surface area contributed by atoms with Crippen LogP contribution in [0.15, 0.2) is 17.0 Å². The molecule has 0 unspecified atom stereocenters. The number of unbranched alkanes of at least 4 members (excludes halogenated alkanes) is 1. The highest BCUT2D eigenvalue weighted by Gasteiger charge is 2.33. The number of nitrogens with one attached hydrogen (secondary N) is 1. The summed E-state index contributed by atoms with van der Waals surface area (Å²) in [5.41, 5.74) is -0.247. The van der Waals surface area contributed by atoms with Crippen LogP contribution >= 0.6 is 23.4 Å². The van der Waals surface area contributed by atoms with Gasteiger partial charge in [0, 0.05) is 25.2 Å². The fourth-order valence-corrected chi connectivity index (χ4v) is 4.61. The van der Waals surface area contributed by atoms with E-state index in [1.54, 1.807) is 0 Å². The van der Waals surface area contributed by atoms with E-state index in [0.717, 1.165) is 51.0 Å². The molecule has 0 spiro atoms. The van der Waals surface area contributed by atoms with E-state index >= 15 is 0 Å². The van der Waals surface area contributed by atoms with Gasteiger partial charge >= 0.3 is 6.18 Å².